The van der Waals surface area contributed by atoms with Gasteiger partial charge in [0.15, 0.2) is 5.58 Å². The molecule has 0 N–H and O–H groups in total. The molecule has 2 aromatic carbocycles. The lowest BCUT2D eigenvalue weighted by Gasteiger charge is -2.20. The number of nitrogens with zero attached hydrogens (tertiary/aromatic N) is 3. The first-order chi connectivity index (χ1) is 18.4. The molecule has 38 heavy (non-hydrogen) atoms. The number of carbonyl (C=O) groups is 1. The lowest BCUT2D eigenvalue weighted by Crippen LogP contribution is -2.27. The Kier molecular flexibility index (Phi) is 9.56. The molecule has 2 heterocycles. The van der Waals surface area contributed by atoms with Crippen molar-refractivity contribution in [3.63, 3.8) is 0 Å². The molecule has 0 fully saturated rings. The van der Waals surface area contributed by atoms with Gasteiger partial charge in [0, 0.05) is 34.6 Å². The molecule has 4 rings (SSSR count). The van der Waals surface area contributed by atoms with Crippen LogP contribution in [0.5, 0.6) is 0 Å². The maximum Gasteiger partial charge on any atom is 0.325 e. The Morgan fingerprint density at radius 2 is 1.79 bits per heavy atom. The molecule has 0 saturated carbocycles. The molecule has 202 valence electrons. The molecule has 0 aliphatic heterocycles. The summed E-state index contributed by atoms with van der Waals surface area (Å²) in [5.41, 5.74) is 7.38. The Hall–Kier alpha value is -3.19. The van der Waals surface area contributed by atoms with Gasteiger partial charge in [0.25, 0.3) is 0 Å². The van der Waals surface area contributed by atoms with Gasteiger partial charge in [-0.1, -0.05) is 61.2 Å². The highest BCUT2D eigenvalue weighted by Crippen LogP contribution is 2.32. The third-order valence-electron chi connectivity index (χ3n) is 6.88. The van der Waals surface area contributed by atoms with Crippen LogP contribution >= 0.6 is 11.3 Å². The second-order valence-corrected chi connectivity index (χ2v) is 11.1. The number of aryl methyl sites for hydroxylation is 5. The van der Waals surface area contributed by atoms with Gasteiger partial charge in [0.1, 0.15) is 11.6 Å². The van der Waals surface area contributed by atoms with E-state index in [1.807, 2.05) is 36.3 Å². The average molecular weight is 534 g/mol. The standard InChI is InChI=1S/C31H39N3O3S/c1-6-8-9-10-11-26-29(38-31(32-26)23-14-12-21(3)13-15-23)17-16-25-24-18-22(4)27(19-28(24)37-33-25)34(5)20-30(35)36-7-2/h12-15,18-19H,6-11,16-17,20H2,1-5H3. The van der Waals surface area contributed by atoms with Gasteiger partial charge >= 0.3 is 5.97 Å². The van der Waals surface area contributed by atoms with Crippen LogP contribution in [-0.4, -0.2) is 36.3 Å². The summed E-state index contributed by atoms with van der Waals surface area (Å²) in [6, 6.07) is 12.7. The number of hydrogen-bond donors (Lipinski definition) is 0. The number of carbonyl (C=O) groups excluding carboxylic acids is 1. The number of esters is 1. The van der Waals surface area contributed by atoms with Gasteiger partial charge in [0.2, 0.25) is 0 Å². The first kappa shape index (κ1) is 27.8. The summed E-state index contributed by atoms with van der Waals surface area (Å²) in [6.07, 6.45) is 7.62. The van der Waals surface area contributed by atoms with Crippen LogP contribution in [0.4, 0.5) is 5.69 Å². The van der Waals surface area contributed by atoms with Crippen LogP contribution < -0.4 is 4.90 Å². The molecule has 0 aliphatic rings. The fourth-order valence-electron chi connectivity index (χ4n) is 4.75. The molecule has 0 aliphatic carbocycles. The second kappa shape index (κ2) is 13.1. The van der Waals surface area contributed by atoms with Gasteiger partial charge in [-0.3, -0.25) is 4.79 Å². The van der Waals surface area contributed by atoms with E-state index in [-0.39, 0.29) is 12.5 Å². The van der Waals surface area contributed by atoms with E-state index in [1.165, 1.54) is 47.4 Å². The van der Waals surface area contributed by atoms with E-state index in [1.54, 1.807) is 0 Å². The summed E-state index contributed by atoms with van der Waals surface area (Å²) in [4.78, 5) is 20.3. The Balaban J connectivity index is 1.53. The number of likely N-dealkylation sites (N-methyl/N-ethyl adjacent to an activating group) is 1. The molecule has 0 atom stereocenters. The highest BCUT2D eigenvalue weighted by Gasteiger charge is 2.18. The van der Waals surface area contributed by atoms with Gasteiger partial charge in [-0.25, -0.2) is 4.98 Å². The maximum atomic E-state index is 12.0. The minimum Gasteiger partial charge on any atom is -0.465 e. The van der Waals surface area contributed by atoms with E-state index in [0.29, 0.717) is 6.61 Å². The molecule has 0 unspecified atom stereocenters. The Morgan fingerprint density at radius 3 is 2.53 bits per heavy atom. The third kappa shape index (κ3) is 6.81. The SMILES string of the molecule is CCCCCCc1nc(-c2ccc(C)cc2)sc1CCc1noc2cc(N(C)CC(=O)OCC)c(C)cc12. The molecule has 7 heteroatoms. The molecule has 0 radical (unpaired) electrons. The third-order valence-corrected chi connectivity index (χ3v) is 8.09. The highest BCUT2D eigenvalue weighted by molar-refractivity contribution is 7.15. The summed E-state index contributed by atoms with van der Waals surface area (Å²) in [5, 5.41) is 6.56. The topological polar surface area (TPSA) is 68.5 Å². The normalized spacial score (nSPS) is 11.3. The van der Waals surface area contributed by atoms with Crippen molar-refractivity contribution in [2.75, 3.05) is 25.1 Å². The van der Waals surface area contributed by atoms with Gasteiger partial charge < -0.3 is 14.2 Å². The lowest BCUT2D eigenvalue weighted by molar-refractivity contribution is -0.141. The van der Waals surface area contributed by atoms with E-state index in [0.717, 1.165) is 52.2 Å². The van der Waals surface area contributed by atoms with E-state index < -0.39 is 0 Å². The number of anilines is 1. The molecule has 0 bridgehead atoms. The highest BCUT2D eigenvalue weighted by atomic mass is 32.1. The minimum atomic E-state index is -0.243. The fraction of sp³-hybridized carbons (Fsp3) is 0.452. The quantitative estimate of drug-likeness (QED) is 0.131. The van der Waals surface area contributed by atoms with Crippen LogP contribution in [0.2, 0.25) is 0 Å². The van der Waals surface area contributed by atoms with Gasteiger partial charge in [-0.15, -0.1) is 11.3 Å². The number of benzene rings is 2. The number of hydrogen-bond acceptors (Lipinski definition) is 7. The van der Waals surface area contributed by atoms with Crippen molar-refractivity contribution in [2.45, 2.75) is 72.6 Å². The van der Waals surface area contributed by atoms with E-state index in [9.17, 15) is 4.79 Å². The summed E-state index contributed by atoms with van der Waals surface area (Å²) >= 11 is 1.81. The molecule has 0 saturated heterocycles. The molecular weight excluding hydrogens is 494 g/mol. The summed E-state index contributed by atoms with van der Waals surface area (Å²) in [6.45, 7) is 8.80. The molecule has 6 nitrogen and oxygen atoms in total. The summed E-state index contributed by atoms with van der Waals surface area (Å²) in [5.74, 6) is -0.243. The number of unbranched alkanes of at least 4 members (excludes halogenated alkanes) is 3. The van der Waals surface area contributed by atoms with E-state index in [4.69, 9.17) is 14.2 Å². The molecule has 0 amide bonds. The van der Waals surface area contributed by atoms with Crippen LogP contribution in [0.15, 0.2) is 40.9 Å². The fourth-order valence-corrected chi connectivity index (χ4v) is 5.87. The van der Waals surface area contributed by atoms with Crippen molar-refractivity contribution in [1.82, 2.24) is 10.1 Å². The lowest BCUT2D eigenvalue weighted by atomic mass is 10.0. The first-order valence-corrected chi connectivity index (χ1v) is 14.5. The number of fused-ring (bicyclic) bond motifs is 1. The number of ether oxygens (including phenoxy) is 1. The van der Waals surface area contributed by atoms with Crippen molar-refractivity contribution < 1.29 is 14.1 Å². The van der Waals surface area contributed by atoms with E-state index in [2.05, 4.69) is 56.3 Å². The first-order valence-electron chi connectivity index (χ1n) is 13.7. The Labute approximate surface area is 230 Å². The van der Waals surface area contributed by atoms with Crippen molar-refractivity contribution >= 4 is 34.0 Å². The van der Waals surface area contributed by atoms with Crippen molar-refractivity contribution in [3.05, 3.63) is 63.8 Å². The second-order valence-electron chi connectivity index (χ2n) is 9.99. The van der Waals surface area contributed by atoms with Crippen LogP contribution in [-0.2, 0) is 28.8 Å². The largest absolute Gasteiger partial charge is 0.465 e. The predicted molar refractivity (Wildman–Crippen MR) is 156 cm³/mol. The van der Waals surface area contributed by atoms with Crippen LogP contribution in [0.1, 0.15) is 66.9 Å². The average Bonchev–Trinajstić information content (AvgIpc) is 3.48. The molecular formula is C31H39N3O3S. The van der Waals surface area contributed by atoms with Crippen LogP contribution in [0.25, 0.3) is 21.5 Å². The monoisotopic (exact) mass is 533 g/mol. The van der Waals surface area contributed by atoms with Crippen LogP contribution in [0.3, 0.4) is 0 Å². The zero-order valence-corrected chi connectivity index (χ0v) is 24.1. The smallest absolute Gasteiger partial charge is 0.325 e. The number of thiazole rings is 1. The number of aromatic nitrogens is 2. The molecule has 0 spiro atoms. The maximum absolute atomic E-state index is 12.0. The Bertz CT molecular complexity index is 1360. The zero-order chi connectivity index (χ0) is 27.1. The Morgan fingerprint density at radius 1 is 1.00 bits per heavy atom. The summed E-state index contributed by atoms with van der Waals surface area (Å²) in [7, 11) is 1.89. The zero-order valence-electron chi connectivity index (χ0n) is 23.3. The van der Waals surface area contributed by atoms with Gasteiger partial charge in [-0.05, 0) is 58.1 Å². The summed E-state index contributed by atoms with van der Waals surface area (Å²) < 4.78 is 10.8. The van der Waals surface area contributed by atoms with Crippen molar-refractivity contribution in [2.24, 2.45) is 0 Å². The minimum absolute atomic E-state index is 0.191. The molecule has 4 aromatic rings. The number of rotatable bonds is 13. The van der Waals surface area contributed by atoms with Crippen molar-refractivity contribution in [3.8, 4) is 10.6 Å². The van der Waals surface area contributed by atoms with E-state index >= 15 is 0 Å². The van der Waals surface area contributed by atoms with Crippen molar-refractivity contribution in [1.29, 1.82) is 0 Å². The molecule has 2 aromatic heterocycles. The van der Waals surface area contributed by atoms with Gasteiger partial charge in [-0.2, -0.15) is 0 Å². The van der Waals surface area contributed by atoms with Gasteiger partial charge in [0.05, 0.1) is 18.0 Å². The predicted octanol–water partition coefficient (Wildman–Crippen LogP) is 7.48. The van der Waals surface area contributed by atoms with Crippen LogP contribution in [0, 0.1) is 13.8 Å².